The van der Waals surface area contributed by atoms with Crippen LogP contribution in [0.1, 0.15) is 0 Å². The van der Waals surface area contributed by atoms with E-state index < -0.39 is 11.4 Å². The molecule has 0 amide bonds. The number of pyridine rings is 1. The predicted molar refractivity (Wildman–Crippen MR) is 121 cm³/mol. The van der Waals surface area contributed by atoms with E-state index >= 15 is 0 Å². The minimum Gasteiger partial charge on any atom is -0.464 e. The summed E-state index contributed by atoms with van der Waals surface area (Å²) in [5.74, 6) is 0.0829. The van der Waals surface area contributed by atoms with Gasteiger partial charge in [-0.15, -0.1) is 16.4 Å². The van der Waals surface area contributed by atoms with E-state index in [9.17, 15) is 9.18 Å². The zero-order valence-corrected chi connectivity index (χ0v) is 17.2. The fourth-order valence-corrected chi connectivity index (χ4v) is 4.77. The van der Waals surface area contributed by atoms with E-state index in [1.54, 1.807) is 24.5 Å². The second kappa shape index (κ2) is 7.21. The molecule has 0 bridgehead atoms. The molecule has 154 valence electrons. The Bertz CT molecular complexity index is 1660. The molecule has 32 heavy (non-hydrogen) atoms. The summed E-state index contributed by atoms with van der Waals surface area (Å²) in [5.41, 5.74) is 2.47. The van der Waals surface area contributed by atoms with Crippen molar-refractivity contribution in [1.29, 1.82) is 0 Å². The van der Waals surface area contributed by atoms with Gasteiger partial charge >= 0.3 is 0 Å². The van der Waals surface area contributed by atoms with Crippen molar-refractivity contribution in [2.45, 2.75) is 0 Å². The highest BCUT2D eigenvalue weighted by molar-refractivity contribution is 7.25. The van der Waals surface area contributed by atoms with Crippen molar-refractivity contribution in [3.63, 3.8) is 0 Å². The summed E-state index contributed by atoms with van der Waals surface area (Å²) >= 11 is 1.21. The number of nitrogens with zero attached hydrogens (tertiary/aromatic N) is 4. The average Bonchev–Trinajstić information content (AvgIpc) is 3.49. The quantitative estimate of drug-likeness (QED) is 0.366. The van der Waals surface area contributed by atoms with Crippen molar-refractivity contribution in [1.82, 2.24) is 20.0 Å². The first-order chi connectivity index (χ1) is 15.7. The molecule has 6 rings (SSSR count). The fourth-order valence-electron chi connectivity index (χ4n) is 3.71. The summed E-state index contributed by atoms with van der Waals surface area (Å²) in [7, 11) is 0. The van der Waals surface area contributed by atoms with Crippen LogP contribution in [-0.4, -0.2) is 20.0 Å². The van der Waals surface area contributed by atoms with Crippen LogP contribution in [0.5, 0.6) is 0 Å². The number of furan rings is 1. The van der Waals surface area contributed by atoms with E-state index in [1.807, 2.05) is 42.5 Å². The van der Waals surface area contributed by atoms with Gasteiger partial charge in [0, 0.05) is 11.1 Å². The van der Waals surface area contributed by atoms with E-state index in [0.29, 0.717) is 26.2 Å². The first-order valence-electron chi connectivity index (χ1n) is 9.78. The molecule has 0 aliphatic carbocycles. The lowest BCUT2D eigenvalue weighted by molar-refractivity contribution is 0.583. The van der Waals surface area contributed by atoms with E-state index in [2.05, 4.69) is 10.3 Å². The second-order valence-corrected chi connectivity index (χ2v) is 8.12. The van der Waals surface area contributed by atoms with Crippen molar-refractivity contribution < 1.29 is 8.81 Å². The SMILES string of the molecule is O=c1c2sc3nc(-c4ccccc4)cc(-c4ccco4)c3c2nnn1-c1ccccc1F. The maximum Gasteiger partial charge on any atom is 0.292 e. The van der Waals surface area contributed by atoms with Crippen LogP contribution < -0.4 is 5.56 Å². The molecule has 4 heterocycles. The van der Waals surface area contributed by atoms with Gasteiger partial charge in [0.1, 0.15) is 32.3 Å². The summed E-state index contributed by atoms with van der Waals surface area (Å²) < 4.78 is 21.3. The number of benzene rings is 2. The molecule has 0 saturated heterocycles. The predicted octanol–water partition coefficient (Wildman–Crippen LogP) is 5.46. The Labute approximate surface area is 184 Å². The molecule has 0 aliphatic heterocycles. The fraction of sp³-hybridized carbons (Fsp3) is 0. The summed E-state index contributed by atoms with van der Waals surface area (Å²) in [5, 5.41) is 9.01. The Hall–Kier alpha value is -4.17. The third-order valence-electron chi connectivity index (χ3n) is 5.19. The van der Waals surface area contributed by atoms with Gasteiger partial charge in [0.15, 0.2) is 0 Å². The zero-order valence-electron chi connectivity index (χ0n) is 16.4. The maximum absolute atomic E-state index is 14.3. The lowest BCUT2D eigenvalue weighted by Gasteiger charge is -2.06. The third-order valence-corrected chi connectivity index (χ3v) is 6.26. The van der Waals surface area contributed by atoms with Crippen LogP contribution in [-0.2, 0) is 0 Å². The molecule has 6 aromatic rings. The molecule has 0 spiro atoms. The smallest absolute Gasteiger partial charge is 0.292 e. The number of aromatic nitrogens is 4. The van der Waals surface area contributed by atoms with Gasteiger partial charge in [0.25, 0.3) is 5.56 Å². The zero-order chi connectivity index (χ0) is 21.7. The Kier molecular flexibility index (Phi) is 4.19. The van der Waals surface area contributed by atoms with Gasteiger partial charge in [0.05, 0.1) is 17.3 Å². The summed E-state index contributed by atoms with van der Waals surface area (Å²) in [4.78, 5) is 18.7. The first kappa shape index (κ1) is 18.6. The highest BCUT2D eigenvalue weighted by Gasteiger charge is 2.21. The molecule has 0 saturated carbocycles. The molecule has 0 fully saturated rings. The van der Waals surface area contributed by atoms with Gasteiger partial charge in [-0.2, -0.15) is 4.68 Å². The number of hydrogen-bond acceptors (Lipinski definition) is 6. The highest BCUT2D eigenvalue weighted by atomic mass is 32.1. The topological polar surface area (TPSA) is 73.8 Å². The van der Waals surface area contributed by atoms with Gasteiger partial charge in [-0.1, -0.05) is 47.7 Å². The maximum atomic E-state index is 14.3. The van der Waals surface area contributed by atoms with Gasteiger partial charge in [-0.05, 0) is 30.3 Å². The summed E-state index contributed by atoms with van der Waals surface area (Å²) in [6.45, 7) is 0. The van der Waals surface area contributed by atoms with Crippen LogP contribution in [0.4, 0.5) is 4.39 Å². The van der Waals surface area contributed by atoms with Crippen molar-refractivity contribution in [3.05, 3.63) is 95.2 Å². The normalized spacial score (nSPS) is 11.4. The monoisotopic (exact) mass is 440 g/mol. The van der Waals surface area contributed by atoms with E-state index in [0.717, 1.165) is 21.5 Å². The largest absolute Gasteiger partial charge is 0.464 e. The minimum absolute atomic E-state index is 0.0496. The molecule has 8 heteroatoms. The molecular formula is C24H13FN4O2S. The minimum atomic E-state index is -0.551. The Morgan fingerprint density at radius 1 is 0.969 bits per heavy atom. The van der Waals surface area contributed by atoms with Crippen LogP contribution in [0, 0.1) is 5.82 Å². The Morgan fingerprint density at radius 3 is 2.56 bits per heavy atom. The summed E-state index contributed by atoms with van der Waals surface area (Å²) in [6.07, 6.45) is 1.59. The van der Waals surface area contributed by atoms with Gasteiger partial charge in [-0.3, -0.25) is 4.79 Å². The molecule has 0 unspecified atom stereocenters. The number of hydrogen-bond donors (Lipinski definition) is 0. The molecule has 0 atom stereocenters. The molecular weight excluding hydrogens is 427 g/mol. The molecule has 0 radical (unpaired) electrons. The molecule has 4 aromatic heterocycles. The van der Waals surface area contributed by atoms with Crippen molar-refractivity contribution >= 4 is 31.8 Å². The van der Waals surface area contributed by atoms with Gasteiger partial charge in [-0.25, -0.2) is 9.37 Å². The van der Waals surface area contributed by atoms with Gasteiger partial charge < -0.3 is 4.42 Å². The number of fused-ring (bicyclic) bond motifs is 3. The standard InChI is InChI=1S/C24H13FN4O2S/c25-16-9-4-5-10-18(16)29-24(30)22-21(27-28-29)20-15(19-11-6-12-31-19)13-17(26-23(20)32-22)14-7-2-1-3-8-14/h1-13H. The molecule has 2 aromatic carbocycles. The van der Waals surface area contributed by atoms with Crippen LogP contribution in [0.25, 0.3) is 48.7 Å². The van der Waals surface area contributed by atoms with Crippen LogP contribution >= 0.6 is 11.3 Å². The van der Waals surface area contributed by atoms with Gasteiger partial charge in [0.2, 0.25) is 0 Å². The Morgan fingerprint density at radius 2 is 1.78 bits per heavy atom. The Balaban J connectivity index is 1.69. The van der Waals surface area contributed by atoms with E-state index in [-0.39, 0.29) is 5.69 Å². The molecule has 6 nitrogen and oxygen atoms in total. The third kappa shape index (κ3) is 2.84. The lowest BCUT2D eigenvalue weighted by Crippen LogP contribution is -2.22. The van der Waals surface area contributed by atoms with Crippen LogP contribution in [0.2, 0.25) is 0 Å². The van der Waals surface area contributed by atoms with Crippen molar-refractivity contribution in [2.24, 2.45) is 0 Å². The first-order valence-corrected chi connectivity index (χ1v) is 10.6. The molecule has 0 aliphatic rings. The second-order valence-electron chi connectivity index (χ2n) is 7.12. The summed E-state index contributed by atoms with van der Waals surface area (Å²) in [6, 6.07) is 21.3. The van der Waals surface area contributed by atoms with E-state index in [1.165, 1.54) is 23.5 Å². The lowest BCUT2D eigenvalue weighted by atomic mass is 10.0. The highest BCUT2D eigenvalue weighted by Crippen LogP contribution is 2.39. The number of para-hydroxylation sites is 1. The van der Waals surface area contributed by atoms with Crippen LogP contribution in [0.15, 0.2) is 88.3 Å². The number of rotatable bonds is 3. The van der Waals surface area contributed by atoms with E-state index in [4.69, 9.17) is 9.40 Å². The average molecular weight is 440 g/mol. The van der Waals surface area contributed by atoms with Crippen molar-refractivity contribution in [3.8, 4) is 28.3 Å². The number of thiophene rings is 1. The molecule has 0 N–H and O–H groups in total. The van der Waals surface area contributed by atoms with Crippen molar-refractivity contribution in [2.75, 3.05) is 0 Å². The van der Waals surface area contributed by atoms with Crippen LogP contribution in [0.3, 0.4) is 0 Å². The number of halogens is 1.